The molecule has 0 unspecified atom stereocenters. The normalized spacial score (nSPS) is 36.8. The molecule has 0 amide bonds. The van der Waals surface area contributed by atoms with Crippen LogP contribution < -0.4 is 0 Å². The summed E-state index contributed by atoms with van der Waals surface area (Å²) in [5.41, 5.74) is 0. The minimum absolute atomic E-state index is 0.0197. The number of ether oxygens (including phenoxy) is 2. The summed E-state index contributed by atoms with van der Waals surface area (Å²) >= 11 is 0. The van der Waals surface area contributed by atoms with Crippen LogP contribution in [-0.4, -0.2) is 30.2 Å². The monoisotopic (exact) mass is 174 g/mol. The minimum Gasteiger partial charge on any atom is -0.388 e. The average molecular weight is 174 g/mol. The molecule has 0 aliphatic carbocycles. The van der Waals surface area contributed by atoms with Gasteiger partial charge in [-0.2, -0.15) is 0 Å². The Kier molecular flexibility index (Phi) is 3.98. The summed E-state index contributed by atoms with van der Waals surface area (Å²) < 4.78 is 10.8. The van der Waals surface area contributed by atoms with Crippen LogP contribution in [0, 0.1) is 0 Å². The second kappa shape index (κ2) is 4.80. The molecule has 12 heavy (non-hydrogen) atoms. The van der Waals surface area contributed by atoms with E-state index in [0.29, 0.717) is 6.61 Å². The lowest BCUT2D eigenvalue weighted by atomic mass is 10.1. The summed E-state index contributed by atoms with van der Waals surface area (Å²) in [6, 6.07) is 0. The van der Waals surface area contributed by atoms with Crippen LogP contribution in [0.3, 0.4) is 0 Å². The van der Waals surface area contributed by atoms with Gasteiger partial charge in [-0.1, -0.05) is 20.3 Å². The van der Waals surface area contributed by atoms with Gasteiger partial charge in [0.25, 0.3) is 0 Å². The van der Waals surface area contributed by atoms with Crippen LogP contribution in [0.25, 0.3) is 0 Å². The molecule has 1 aliphatic heterocycles. The maximum atomic E-state index is 9.46. The van der Waals surface area contributed by atoms with Gasteiger partial charge in [-0.25, -0.2) is 0 Å². The van der Waals surface area contributed by atoms with E-state index in [2.05, 4.69) is 6.92 Å². The number of aliphatic hydroxyl groups excluding tert-OH is 1. The van der Waals surface area contributed by atoms with Gasteiger partial charge in [0.2, 0.25) is 0 Å². The standard InChI is InChI=1S/C9H18O3/c1-3-5-8-7(10)6-11-9(4-2)12-8/h7-10H,3-6H2,1-2H3/t7-,8-,9+/m1/s1. The van der Waals surface area contributed by atoms with Crippen LogP contribution in [0.5, 0.6) is 0 Å². The van der Waals surface area contributed by atoms with Crippen molar-refractivity contribution >= 4 is 0 Å². The van der Waals surface area contributed by atoms with Gasteiger partial charge in [-0.15, -0.1) is 0 Å². The molecule has 1 rings (SSSR count). The molecule has 3 heteroatoms. The molecule has 0 bridgehead atoms. The van der Waals surface area contributed by atoms with E-state index >= 15 is 0 Å². The second-order valence-corrected chi connectivity index (χ2v) is 3.20. The predicted octanol–water partition coefficient (Wildman–Crippen LogP) is 1.30. The largest absolute Gasteiger partial charge is 0.388 e. The molecule has 0 aromatic heterocycles. The van der Waals surface area contributed by atoms with E-state index in [1.54, 1.807) is 0 Å². The topological polar surface area (TPSA) is 38.7 Å². The maximum Gasteiger partial charge on any atom is 0.157 e. The zero-order valence-corrected chi connectivity index (χ0v) is 7.82. The smallest absolute Gasteiger partial charge is 0.157 e. The van der Waals surface area contributed by atoms with Gasteiger partial charge < -0.3 is 14.6 Å². The lowest BCUT2D eigenvalue weighted by Crippen LogP contribution is -2.43. The first-order valence-corrected chi connectivity index (χ1v) is 4.73. The van der Waals surface area contributed by atoms with Crippen LogP contribution in [0.4, 0.5) is 0 Å². The van der Waals surface area contributed by atoms with E-state index in [1.807, 2.05) is 6.92 Å². The highest BCUT2D eigenvalue weighted by Gasteiger charge is 2.28. The summed E-state index contributed by atoms with van der Waals surface area (Å²) in [5, 5.41) is 9.46. The van der Waals surface area contributed by atoms with Crippen LogP contribution in [-0.2, 0) is 9.47 Å². The fourth-order valence-corrected chi connectivity index (χ4v) is 1.40. The van der Waals surface area contributed by atoms with Gasteiger partial charge in [-0.05, 0) is 12.8 Å². The quantitative estimate of drug-likeness (QED) is 0.701. The van der Waals surface area contributed by atoms with Crippen molar-refractivity contribution in [3.8, 4) is 0 Å². The van der Waals surface area contributed by atoms with Crippen LogP contribution >= 0.6 is 0 Å². The molecule has 0 saturated carbocycles. The van der Waals surface area contributed by atoms with Crippen molar-refractivity contribution in [3.05, 3.63) is 0 Å². The first kappa shape index (κ1) is 9.96. The molecule has 1 fully saturated rings. The third-order valence-electron chi connectivity index (χ3n) is 2.12. The van der Waals surface area contributed by atoms with Crippen LogP contribution in [0.15, 0.2) is 0 Å². The molecule has 3 atom stereocenters. The molecule has 0 spiro atoms. The lowest BCUT2D eigenvalue weighted by molar-refractivity contribution is -0.253. The molecular formula is C9H18O3. The van der Waals surface area contributed by atoms with Gasteiger partial charge in [0.05, 0.1) is 12.7 Å². The Hall–Kier alpha value is -0.120. The third kappa shape index (κ3) is 2.44. The lowest BCUT2D eigenvalue weighted by Gasteiger charge is -2.33. The summed E-state index contributed by atoms with van der Waals surface area (Å²) in [7, 11) is 0. The van der Waals surface area contributed by atoms with Crippen molar-refractivity contribution in [2.45, 2.75) is 51.6 Å². The molecule has 1 saturated heterocycles. The van der Waals surface area contributed by atoms with Crippen LogP contribution in [0.1, 0.15) is 33.1 Å². The van der Waals surface area contributed by atoms with Crippen molar-refractivity contribution in [1.82, 2.24) is 0 Å². The highest BCUT2D eigenvalue weighted by molar-refractivity contribution is 4.72. The number of rotatable bonds is 3. The number of hydrogen-bond donors (Lipinski definition) is 1. The van der Waals surface area contributed by atoms with Gasteiger partial charge in [-0.3, -0.25) is 0 Å². The fourth-order valence-electron chi connectivity index (χ4n) is 1.40. The summed E-state index contributed by atoms with van der Waals surface area (Å²) in [4.78, 5) is 0. The van der Waals surface area contributed by atoms with Crippen molar-refractivity contribution in [2.24, 2.45) is 0 Å². The summed E-state index contributed by atoms with van der Waals surface area (Å²) in [6.45, 7) is 4.53. The molecule has 72 valence electrons. The van der Waals surface area contributed by atoms with Crippen molar-refractivity contribution < 1.29 is 14.6 Å². The van der Waals surface area contributed by atoms with Gasteiger partial charge in [0.15, 0.2) is 6.29 Å². The van der Waals surface area contributed by atoms with Gasteiger partial charge in [0, 0.05) is 0 Å². The first-order chi connectivity index (χ1) is 5.77. The number of aliphatic hydroxyl groups is 1. The predicted molar refractivity (Wildman–Crippen MR) is 45.8 cm³/mol. The van der Waals surface area contributed by atoms with E-state index in [4.69, 9.17) is 9.47 Å². The zero-order chi connectivity index (χ0) is 8.97. The van der Waals surface area contributed by atoms with Gasteiger partial charge >= 0.3 is 0 Å². The average Bonchev–Trinajstić information content (AvgIpc) is 2.09. The second-order valence-electron chi connectivity index (χ2n) is 3.20. The van der Waals surface area contributed by atoms with Crippen molar-refractivity contribution in [1.29, 1.82) is 0 Å². The Morgan fingerprint density at radius 2 is 2.17 bits per heavy atom. The molecule has 3 nitrogen and oxygen atoms in total. The van der Waals surface area contributed by atoms with E-state index in [9.17, 15) is 5.11 Å². The highest BCUT2D eigenvalue weighted by Crippen LogP contribution is 2.18. The molecular weight excluding hydrogens is 156 g/mol. The van der Waals surface area contributed by atoms with Gasteiger partial charge in [0.1, 0.15) is 6.10 Å². The van der Waals surface area contributed by atoms with Crippen LogP contribution in [0.2, 0.25) is 0 Å². The Bertz CT molecular complexity index is 127. The Labute approximate surface area is 73.7 Å². The Balaban J connectivity index is 2.36. The van der Waals surface area contributed by atoms with E-state index in [-0.39, 0.29) is 12.4 Å². The summed E-state index contributed by atoms with van der Waals surface area (Å²) in [6.07, 6.45) is 2.25. The van der Waals surface area contributed by atoms with E-state index in [1.165, 1.54) is 0 Å². The summed E-state index contributed by atoms with van der Waals surface area (Å²) in [5.74, 6) is 0. The molecule has 1 N–H and O–H groups in total. The molecule has 0 radical (unpaired) electrons. The Morgan fingerprint density at radius 1 is 1.42 bits per heavy atom. The Morgan fingerprint density at radius 3 is 2.75 bits per heavy atom. The molecule has 0 aromatic carbocycles. The molecule has 0 aromatic rings. The SMILES string of the molecule is CCC[C@H]1O[C@@H](CC)OC[C@H]1O. The fraction of sp³-hybridized carbons (Fsp3) is 1.00. The minimum atomic E-state index is -0.437. The maximum absolute atomic E-state index is 9.46. The molecule has 1 aliphatic rings. The van der Waals surface area contributed by atoms with E-state index < -0.39 is 6.10 Å². The first-order valence-electron chi connectivity index (χ1n) is 4.73. The molecule has 1 heterocycles. The highest BCUT2D eigenvalue weighted by atomic mass is 16.7. The third-order valence-corrected chi connectivity index (χ3v) is 2.12. The van der Waals surface area contributed by atoms with Crippen molar-refractivity contribution in [3.63, 3.8) is 0 Å². The zero-order valence-electron chi connectivity index (χ0n) is 7.82. The van der Waals surface area contributed by atoms with Crippen molar-refractivity contribution in [2.75, 3.05) is 6.61 Å². The number of hydrogen-bond acceptors (Lipinski definition) is 3. The van der Waals surface area contributed by atoms with E-state index in [0.717, 1.165) is 19.3 Å².